The number of carbonyl (C=O) groups is 3. The van der Waals surface area contributed by atoms with E-state index in [4.69, 9.17) is 14.2 Å². The zero-order chi connectivity index (χ0) is 46.3. The summed E-state index contributed by atoms with van der Waals surface area (Å²) in [7, 11) is 5.55. The van der Waals surface area contributed by atoms with Gasteiger partial charge in [0.15, 0.2) is 12.1 Å². The number of rotatable bonds is 49. The highest BCUT2D eigenvalue weighted by atomic mass is 16.6. The summed E-state index contributed by atoms with van der Waals surface area (Å²) in [5, 5.41) is 9.66. The van der Waals surface area contributed by atoms with E-state index in [1.54, 1.807) is 0 Å². The van der Waals surface area contributed by atoms with Gasteiger partial charge in [0.25, 0.3) is 0 Å². The largest absolute Gasteiger partial charge is 0.477 e. The number of carboxylic acid groups (broad SMARTS) is 1. The zero-order valence-electron chi connectivity index (χ0n) is 42.3. The maximum atomic E-state index is 12.8. The van der Waals surface area contributed by atoms with Crippen LogP contribution in [0.1, 0.15) is 258 Å². The summed E-state index contributed by atoms with van der Waals surface area (Å²) in [6, 6.07) is -0.613. The summed E-state index contributed by atoms with van der Waals surface area (Å²) < 4.78 is 17.4. The fourth-order valence-corrected chi connectivity index (χ4v) is 8.18. The Bertz CT molecular complexity index is 1080. The summed E-state index contributed by atoms with van der Waals surface area (Å²) in [4.78, 5) is 37.2. The molecule has 0 radical (unpaired) electrons. The van der Waals surface area contributed by atoms with Gasteiger partial charge in [-0.15, -0.1) is 0 Å². The predicted molar refractivity (Wildman–Crippen MR) is 266 cm³/mol. The second-order valence-electron chi connectivity index (χ2n) is 19.5. The van der Waals surface area contributed by atoms with Crippen molar-refractivity contribution >= 4 is 17.9 Å². The minimum atomic E-state index is -0.872. The Kier molecular flexibility index (Phi) is 44.7. The number of ether oxygens (including phenoxy) is 3. The van der Waals surface area contributed by atoms with E-state index in [1.807, 2.05) is 21.1 Å². The van der Waals surface area contributed by atoms with Gasteiger partial charge >= 0.3 is 17.9 Å². The zero-order valence-corrected chi connectivity index (χ0v) is 42.3. The van der Waals surface area contributed by atoms with Crippen molar-refractivity contribution in [2.45, 2.75) is 270 Å². The first kappa shape index (κ1) is 60.8. The van der Waals surface area contributed by atoms with Crippen molar-refractivity contribution in [3.8, 4) is 0 Å². The van der Waals surface area contributed by atoms with Crippen LogP contribution in [0.25, 0.3) is 0 Å². The van der Waals surface area contributed by atoms with E-state index in [0.29, 0.717) is 19.3 Å². The summed E-state index contributed by atoms with van der Waals surface area (Å²) in [6.07, 6.45) is 53.7. The number of unbranched alkanes of at least 4 members (excludes halogenated alkanes) is 31. The molecule has 0 aliphatic heterocycles. The highest BCUT2D eigenvalue weighted by Gasteiger charge is 2.31. The first-order valence-electron chi connectivity index (χ1n) is 26.9. The fourth-order valence-electron chi connectivity index (χ4n) is 8.18. The first-order chi connectivity index (χ1) is 30.6. The van der Waals surface area contributed by atoms with Crippen LogP contribution in [-0.4, -0.2) is 80.6 Å². The SMILES string of the molecule is CCCCCCC/C=C\C/C=C\CCCCCCCCCCCC(=O)OC(COCCC(C(=O)O)[N+](C)(C)C)COC(=O)CCCCCCCCCCCCCCCCCCCC. The lowest BCUT2D eigenvalue weighted by atomic mass is 10.0. The molecule has 0 fully saturated rings. The molecule has 0 rings (SSSR count). The number of esters is 2. The molecule has 370 valence electrons. The minimum absolute atomic E-state index is 0.0474. The molecular formula is C55H104NO7+. The molecule has 2 atom stereocenters. The molecule has 1 N–H and O–H groups in total. The highest BCUT2D eigenvalue weighted by molar-refractivity contribution is 5.72. The molecule has 0 heterocycles. The minimum Gasteiger partial charge on any atom is -0.477 e. The molecule has 8 heteroatoms. The summed E-state index contributed by atoms with van der Waals surface area (Å²) in [5.74, 6) is -1.45. The van der Waals surface area contributed by atoms with Crippen molar-refractivity contribution in [3.05, 3.63) is 24.3 Å². The van der Waals surface area contributed by atoms with Gasteiger partial charge in [0.2, 0.25) is 0 Å². The van der Waals surface area contributed by atoms with Gasteiger partial charge in [0, 0.05) is 19.3 Å². The Morgan fingerprint density at radius 2 is 0.841 bits per heavy atom. The van der Waals surface area contributed by atoms with Crippen molar-refractivity contribution in [1.29, 1.82) is 0 Å². The van der Waals surface area contributed by atoms with Crippen LogP contribution in [0.15, 0.2) is 24.3 Å². The van der Waals surface area contributed by atoms with Gasteiger partial charge in [-0.2, -0.15) is 0 Å². The number of carbonyl (C=O) groups excluding carboxylic acids is 2. The predicted octanol–water partition coefficient (Wildman–Crippen LogP) is 15.6. The Hall–Kier alpha value is -2.19. The van der Waals surface area contributed by atoms with Crippen molar-refractivity contribution in [2.75, 3.05) is 41.0 Å². The summed E-state index contributed by atoms with van der Waals surface area (Å²) >= 11 is 0. The van der Waals surface area contributed by atoms with Crippen molar-refractivity contribution < 1.29 is 38.2 Å². The third kappa shape index (κ3) is 44.8. The summed E-state index contributed by atoms with van der Waals surface area (Å²) in [5.41, 5.74) is 0. The van der Waals surface area contributed by atoms with E-state index >= 15 is 0 Å². The standard InChI is InChI=1S/C55H103NO7/c1-6-8-10-12-14-16-18-20-22-24-26-27-28-30-32-34-36-38-40-42-44-46-54(58)63-51(49-61-48-47-52(55(59)60)56(3,4)5)50-62-53(57)45-43-41-39-37-35-33-31-29-25-23-21-19-17-15-13-11-9-7-2/h18,20,24,26,51-52H,6-17,19,21-23,25,27-50H2,1-5H3/p+1/b20-18-,26-24-. The maximum absolute atomic E-state index is 12.8. The number of nitrogens with zero attached hydrogens (tertiary/aromatic N) is 1. The normalized spacial score (nSPS) is 13.0. The molecule has 0 amide bonds. The molecule has 0 aromatic heterocycles. The number of carboxylic acids is 1. The number of likely N-dealkylation sites (N-methyl/N-ethyl adjacent to an activating group) is 1. The van der Waals surface area contributed by atoms with Crippen LogP contribution in [-0.2, 0) is 28.6 Å². The topological polar surface area (TPSA) is 99.1 Å². The van der Waals surface area contributed by atoms with Crippen LogP contribution in [0, 0.1) is 0 Å². The van der Waals surface area contributed by atoms with Crippen LogP contribution >= 0.6 is 0 Å². The van der Waals surface area contributed by atoms with Crippen LogP contribution in [0.4, 0.5) is 0 Å². The van der Waals surface area contributed by atoms with Gasteiger partial charge in [-0.3, -0.25) is 9.59 Å². The second-order valence-corrected chi connectivity index (χ2v) is 19.5. The van der Waals surface area contributed by atoms with Gasteiger partial charge in [0.1, 0.15) is 6.61 Å². The second kappa shape index (κ2) is 46.3. The van der Waals surface area contributed by atoms with Crippen molar-refractivity contribution in [1.82, 2.24) is 0 Å². The van der Waals surface area contributed by atoms with Crippen LogP contribution in [0.2, 0.25) is 0 Å². The molecule has 8 nitrogen and oxygen atoms in total. The number of hydrogen-bond donors (Lipinski definition) is 1. The Labute approximate surface area is 390 Å². The van der Waals surface area contributed by atoms with Crippen molar-refractivity contribution in [3.63, 3.8) is 0 Å². The maximum Gasteiger partial charge on any atom is 0.362 e. The average Bonchev–Trinajstić information content (AvgIpc) is 3.24. The lowest BCUT2D eigenvalue weighted by molar-refractivity contribution is -0.887. The van der Waals surface area contributed by atoms with Gasteiger partial charge < -0.3 is 23.8 Å². The number of aliphatic carboxylic acids is 1. The van der Waals surface area contributed by atoms with E-state index in [9.17, 15) is 19.5 Å². The monoisotopic (exact) mass is 891 g/mol. The number of quaternary nitrogens is 1. The molecule has 0 aromatic rings. The van der Waals surface area contributed by atoms with Crippen molar-refractivity contribution in [2.24, 2.45) is 0 Å². The number of hydrogen-bond acceptors (Lipinski definition) is 6. The van der Waals surface area contributed by atoms with Crippen LogP contribution < -0.4 is 0 Å². The molecule has 63 heavy (non-hydrogen) atoms. The van der Waals surface area contributed by atoms with Gasteiger partial charge in [-0.1, -0.05) is 218 Å². The lowest BCUT2D eigenvalue weighted by Gasteiger charge is -2.31. The molecule has 0 aromatic carbocycles. The van der Waals surface area contributed by atoms with E-state index in [0.717, 1.165) is 44.9 Å². The molecule has 0 bridgehead atoms. The van der Waals surface area contributed by atoms with Crippen LogP contribution in [0.3, 0.4) is 0 Å². The fraction of sp³-hybridized carbons (Fsp3) is 0.873. The quantitative estimate of drug-likeness (QED) is 0.0281. The van der Waals surface area contributed by atoms with Gasteiger partial charge in [0.05, 0.1) is 34.4 Å². The van der Waals surface area contributed by atoms with Gasteiger partial charge in [-0.25, -0.2) is 4.79 Å². The van der Waals surface area contributed by atoms with E-state index < -0.39 is 18.1 Å². The van der Waals surface area contributed by atoms with Crippen LogP contribution in [0.5, 0.6) is 0 Å². The Morgan fingerprint density at radius 1 is 0.476 bits per heavy atom. The highest BCUT2D eigenvalue weighted by Crippen LogP contribution is 2.17. The Morgan fingerprint density at radius 3 is 1.22 bits per heavy atom. The van der Waals surface area contributed by atoms with E-state index in [2.05, 4.69) is 38.2 Å². The molecular weight excluding hydrogens is 787 g/mol. The molecule has 0 saturated carbocycles. The first-order valence-corrected chi connectivity index (χ1v) is 26.9. The lowest BCUT2D eigenvalue weighted by Crippen LogP contribution is -2.50. The van der Waals surface area contributed by atoms with Gasteiger partial charge in [-0.05, 0) is 44.9 Å². The third-order valence-corrected chi connectivity index (χ3v) is 12.4. The van der Waals surface area contributed by atoms with E-state index in [1.165, 1.54) is 180 Å². The Balaban J connectivity index is 4.20. The smallest absolute Gasteiger partial charge is 0.362 e. The molecule has 0 aliphatic carbocycles. The van der Waals surface area contributed by atoms with E-state index in [-0.39, 0.29) is 36.2 Å². The third-order valence-electron chi connectivity index (χ3n) is 12.4. The average molecular weight is 891 g/mol. The molecule has 0 spiro atoms. The molecule has 0 saturated heterocycles. The molecule has 0 aliphatic rings. The summed E-state index contributed by atoms with van der Waals surface area (Å²) in [6.45, 7) is 4.77. The molecule has 2 unspecified atom stereocenters. The number of allylic oxidation sites excluding steroid dienone is 4.